The molecular formula is C33H30ClF2N5O6. The fourth-order valence-corrected chi connectivity index (χ4v) is 6.76. The number of nitrogens with one attached hydrogen (secondary N) is 1. The number of benzene rings is 2. The number of carbonyl (C=O) groups excluding carboxylic acids is 1. The molecule has 0 saturated carbocycles. The second-order valence-corrected chi connectivity index (χ2v) is 12.1. The molecule has 2 aliphatic rings. The van der Waals surface area contributed by atoms with Crippen LogP contribution in [-0.2, 0) is 25.3 Å². The van der Waals surface area contributed by atoms with Gasteiger partial charge in [0, 0.05) is 67.4 Å². The topological polar surface area (TPSA) is 136 Å². The predicted molar refractivity (Wildman–Crippen MR) is 170 cm³/mol. The van der Waals surface area contributed by atoms with Crippen LogP contribution >= 0.6 is 11.6 Å². The molecule has 244 valence electrons. The number of fused-ring (bicyclic) bond motifs is 1. The highest BCUT2D eigenvalue weighted by Crippen LogP contribution is 2.47. The standard InChI is InChI=1S/C33H30ClF2N5O6/c1-15-22(37-29(42)19-14-39(2)33(46)40(3)31(19)43)9-8-20(35)25(15)27-21(36)7-6-18(28(27)34)23-11-16-5-10-24(26(16)30(38-23)47-4)41-12-17(13-41)32(44)45/h6-9,11,14,17,24H,5,10,12-13H2,1-4H3,(H,37,42)(H,44,45)/t24-/m0/s1. The first-order valence-corrected chi connectivity index (χ1v) is 15.1. The van der Waals surface area contributed by atoms with Crippen molar-refractivity contribution in [1.29, 1.82) is 0 Å². The lowest BCUT2D eigenvalue weighted by molar-refractivity contribution is -0.148. The van der Waals surface area contributed by atoms with Gasteiger partial charge in [0.25, 0.3) is 11.5 Å². The van der Waals surface area contributed by atoms with Crippen molar-refractivity contribution >= 4 is 29.2 Å². The second kappa shape index (κ2) is 12.0. The molecule has 4 aromatic rings. The molecule has 0 unspecified atom stereocenters. The SMILES string of the molecule is COc1nc(-c2ccc(F)c(-c3c(F)ccc(NC(=O)c4cn(C)c(=O)n(C)c4=O)c3C)c2Cl)cc2c1[C@@H](N1CC(C(=O)O)C1)CC2. The van der Waals surface area contributed by atoms with Crippen LogP contribution in [-0.4, -0.2) is 56.2 Å². The van der Waals surface area contributed by atoms with Gasteiger partial charge < -0.3 is 19.7 Å². The Morgan fingerprint density at radius 2 is 1.77 bits per heavy atom. The largest absolute Gasteiger partial charge is 0.481 e. The Hall–Kier alpha value is -4.88. The third-order valence-electron chi connectivity index (χ3n) is 8.99. The van der Waals surface area contributed by atoms with Gasteiger partial charge in [0.2, 0.25) is 5.88 Å². The maximum atomic E-state index is 15.6. The number of nitrogens with zero attached hydrogens (tertiary/aromatic N) is 4. The van der Waals surface area contributed by atoms with Crippen LogP contribution in [0.5, 0.6) is 5.88 Å². The van der Waals surface area contributed by atoms with E-state index in [9.17, 15) is 24.3 Å². The number of carboxylic acids is 1. The highest BCUT2D eigenvalue weighted by atomic mass is 35.5. The fraction of sp³-hybridized carbons (Fsp3) is 0.303. The molecule has 2 aromatic carbocycles. The molecule has 3 heterocycles. The Morgan fingerprint density at radius 3 is 2.45 bits per heavy atom. The Kier molecular flexibility index (Phi) is 8.22. The number of aliphatic carboxylic acids is 1. The number of aryl methyl sites for hydroxylation is 2. The molecule has 0 spiro atoms. The van der Waals surface area contributed by atoms with Crippen molar-refractivity contribution in [3.63, 3.8) is 0 Å². The van der Waals surface area contributed by atoms with Gasteiger partial charge in [-0.25, -0.2) is 18.6 Å². The summed E-state index contributed by atoms with van der Waals surface area (Å²) in [7, 11) is 4.12. The molecule has 1 fully saturated rings. The minimum Gasteiger partial charge on any atom is -0.481 e. The summed E-state index contributed by atoms with van der Waals surface area (Å²) in [5.74, 6) is -3.34. The molecule has 11 nitrogen and oxygen atoms in total. The molecule has 6 rings (SSSR count). The average Bonchev–Trinajstić information content (AvgIpc) is 3.43. The number of anilines is 1. The molecule has 1 saturated heterocycles. The van der Waals surface area contributed by atoms with Gasteiger partial charge in [0.15, 0.2) is 0 Å². The maximum Gasteiger partial charge on any atom is 0.330 e. The summed E-state index contributed by atoms with van der Waals surface area (Å²) in [4.78, 5) is 55.9. The summed E-state index contributed by atoms with van der Waals surface area (Å²) >= 11 is 6.84. The molecule has 47 heavy (non-hydrogen) atoms. The number of hydrogen-bond donors (Lipinski definition) is 2. The Bertz CT molecular complexity index is 2110. The number of rotatable bonds is 7. The number of amides is 1. The number of hydrogen-bond acceptors (Lipinski definition) is 7. The van der Waals surface area contributed by atoms with Gasteiger partial charge in [-0.1, -0.05) is 11.6 Å². The van der Waals surface area contributed by atoms with E-state index >= 15 is 8.78 Å². The molecule has 2 N–H and O–H groups in total. The summed E-state index contributed by atoms with van der Waals surface area (Å²) in [5, 5.41) is 11.8. The smallest absolute Gasteiger partial charge is 0.330 e. The number of halogens is 3. The first-order chi connectivity index (χ1) is 22.3. The molecule has 1 aliphatic carbocycles. The van der Waals surface area contributed by atoms with E-state index in [4.69, 9.17) is 16.3 Å². The van der Waals surface area contributed by atoms with Gasteiger partial charge >= 0.3 is 11.7 Å². The van der Waals surface area contributed by atoms with Crippen molar-refractivity contribution in [2.75, 3.05) is 25.5 Å². The molecule has 0 bridgehead atoms. The third-order valence-corrected chi connectivity index (χ3v) is 9.39. The predicted octanol–water partition coefficient (Wildman–Crippen LogP) is 4.32. The van der Waals surface area contributed by atoms with Crippen LogP contribution < -0.4 is 21.3 Å². The summed E-state index contributed by atoms with van der Waals surface area (Å²) in [6.45, 7) is 2.35. The Balaban J connectivity index is 1.38. The van der Waals surface area contributed by atoms with Crippen LogP contribution in [0.3, 0.4) is 0 Å². The summed E-state index contributed by atoms with van der Waals surface area (Å²) < 4.78 is 38.6. The van der Waals surface area contributed by atoms with Crippen LogP contribution in [0.25, 0.3) is 22.4 Å². The van der Waals surface area contributed by atoms with Crippen molar-refractivity contribution < 1.29 is 28.2 Å². The number of methoxy groups -OCH3 is 1. The lowest BCUT2D eigenvalue weighted by Gasteiger charge is -2.41. The monoisotopic (exact) mass is 665 g/mol. The normalized spacial score (nSPS) is 16.1. The van der Waals surface area contributed by atoms with Crippen molar-refractivity contribution in [3.8, 4) is 28.3 Å². The zero-order valence-electron chi connectivity index (χ0n) is 25.9. The zero-order valence-corrected chi connectivity index (χ0v) is 26.6. The Labute approximate surface area is 272 Å². The number of likely N-dealkylation sites (tertiary alicyclic amines) is 1. The molecule has 1 aliphatic heterocycles. The molecular weight excluding hydrogens is 636 g/mol. The molecule has 0 radical (unpaired) electrons. The first kappa shape index (κ1) is 32.1. The molecule has 1 atom stereocenters. The highest BCUT2D eigenvalue weighted by Gasteiger charge is 2.41. The number of pyridine rings is 1. The lowest BCUT2D eigenvalue weighted by atomic mass is 9.94. The third kappa shape index (κ3) is 5.38. The number of carboxylic acid groups (broad SMARTS) is 1. The van der Waals surface area contributed by atoms with E-state index in [1.807, 2.05) is 6.07 Å². The van der Waals surface area contributed by atoms with Gasteiger partial charge in [-0.2, -0.15) is 0 Å². The Morgan fingerprint density at radius 1 is 1.09 bits per heavy atom. The first-order valence-electron chi connectivity index (χ1n) is 14.7. The zero-order chi connectivity index (χ0) is 33.9. The van der Waals surface area contributed by atoms with Crippen molar-refractivity contribution in [3.05, 3.63) is 96.3 Å². The van der Waals surface area contributed by atoms with Crippen molar-refractivity contribution in [2.24, 2.45) is 20.0 Å². The van der Waals surface area contributed by atoms with E-state index in [1.54, 1.807) is 0 Å². The summed E-state index contributed by atoms with van der Waals surface area (Å²) in [6.07, 6.45) is 2.54. The van der Waals surface area contributed by atoms with Gasteiger partial charge in [-0.15, -0.1) is 0 Å². The van der Waals surface area contributed by atoms with Crippen LogP contribution in [0, 0.1) is 24.5 Å². The van der Waals surface area contributed by atoms with Crippen LogP contribution in [0.15, 0.2) is 46.1 Å². The van der Waals surface area contributed by atoms with E-state index in [2.05, 4.69) is 15.2 Å². The molecule has 2 aromatic heterocycles. The van der Waals surface area contributed by atoms with Gasteiger partial charge in [-0.3, -0.25) is 23.9 Å². The highest BCUT2D eigenvalue weighted by molar-refractivity contribution is 6.36. The number of aromatic nitrogens is 3. The summed E-state index contributed by atoms with van der Waals surface area (Å²) in [6, 6.07) is 6.73. The fourth-order valence-electron chi connectivity index (χ4n) is 6.42. The van der Waals surface area contributed by atoms with E-state index in [1.165, 1.54) is 40.3 Å². The maximum absolute atomic E-state index is 15.6. The lowest BCUT2D eigenvalue weighted by Crippen LogP contribution is -2.51. The van der Waals surface area contributed by atoms with Gasteiger partial charge in [-0.05, 0) is 61.2 Å². The van der Waals surface area contributed by atoms with E-state index in [0.717, 1.165) is 45.0 Å². The molecule has 1 amide bonds. The average molecular weight is 666 g/mol. The van der Waals surface area contributed by atoms with Crippen LogP contribution in [0.1, 0.15) is 39.5 Å². The number of ether oxygens (including phenoxy) is 1. The van der Waals surface area contributed by atoms with E-state index in [0.29, 0.717) is 36.6 Å². The quantitative estimate of drug-likeness (QED) is 0.298. The second-order valence-electron chi connectivity index (χ2n) is 11.8. The van der Waals surface area contributed by atoms with Gasteiger partial charge in [0.1, 0.15) is 17.2 Å². The van der Waals surface area contributed by atoms with Crippen LogP contribution in [0.2, 0.25) is 5.02 Å². The van der Waals surface area contributed by atoms with Gasteiger partial charge in [0.05, 0.1) is 23.7 Å². The van der Waals surface area contributed by atoms with E-state index in [-0.39, 0.29) is 39.0 Å². The van der Waals surface area contributed by atoms with Crippen LogP contribution in [0.4, 0.5) is 14.5 Å². The minimum atomic E-state index is -0.841. The molecule has 14 heteroatoms. The summed E-state index contributed by atoms with van der Waals surface area (Å²) in [5.41, 5.74) is 0.580. The van der Waals surface area contributed by atoms with Crippen molar-refractivity contribution in [1.82, 2.24) is 19.0 Å². The van der Waals surface area contributed by atoms with E-state index < -0.39 is 40.7 Å². The minimum absolute atomic E-state index is 0.0491. The van der Waals surface area contributed by atoms with Crippen molar-refractivity contribution in [2.45, 2.75) is 25.8 Å². The number of carbonyl (C=O) groups is 2.